The van der Waals surface area contributed by atoms with Crippen molar-refractivity contribution in [3.8, 4) is 0 Å². The van der Waals surface area contributed by atoms with Crippen LogP contribution in [-0.4, -0.2) is 59.6 Å². The van der Waals surface area contributed by atoms with Gasteiger partial charge in [0.2, 0.25) is 11.8 Å². The van der Waals surface area contributed by atoms with E-state index in [4.69, 9.17) is 4.74 Å². The van der Waals surface area contributed by atoms with Gasteiger partial charge in [0.05, 0.1) is 13.2 Å². The zero-order valence-electron chi connectivity index (χ0n) is 15.6. The maximum atomic E-state index is 12.5. The Bertz CT molecular complexity index is 455. The quantitative estimate of drug-likeness (QED) is 0.455. The second-order valence-corrected chi connectivity index (χ2v) is 6.72. The van der Waals surface area contributed by atoms with Crippen LogP contribution in [0.3, 0.4) is 0 Å². The standard InChI is InChI=1S/C18H32N2O5/c1-4-5-6-7-8-9-10-15(18(24)25-3)19-17(23)16-11-14(22)12-20(16)13(2)21/h14-16,22H,4-12H2,1-3H3,(H,19,23)/t14-,15-,16+/m1/s1. The Balaban J connectivity index is 2.54. The van der Waals surface area contributed by atoms with Crippen LogP contribution < -0.4 is 5.32 Å². The van der Waals surface area contributed by atoms with E-state index < -0.39 is 30.1 Å². The Hall–Kier alpha value is -1.63. The Labute approximate surface area is 150 Å². The van der Waals surface area contributed by atoms with E-state index in [9.17, 15) is 19.5 Å². The van der Waals surface area contributed by atoms with E-state index in [1.54, 1.807) is 0 Å². The fraction of sp³-hybridized carbons (Fsp3) is 0.833. The summed E-state index contributed by atoms with van der Waals surface area (Å²) in [5.41, 5.74) is 0. The van der Waals surface area contributed by atoms with Crippen LogP contribution in [-0.2, 0) is 19.1 Å². The van der Waals surface area contributed by atoms with Crippen LogP contribution in [0, 0.1) is 0 Å². The number of aliphatic hydroxyl groups excluding tert-OH is 1. The molecule has 0 aromatic carbocycles. The molecule has 0 saturated carbocycles. The number of nitrogens with one attached hydrogen (secondary N) is 1. The molecule has 1 aliphatic rings. The zero-order chi connectivity index (χ0) is 18.8. The summed E-state index contributed by atoms with van der Waals surface area (Å²) in [5.74, 6) is -1.15. The van der Waals surface area contributed by atoms with Crippen molar-refractivity contribution in [3.63, 3.8) is 0 Å². The molecule has 1 fully saturated rings. The molecule has 0 bridgehead atoms. The number of methoxy groups -OCH3 is 1. The number of amides is 2. The molecular weight excluding hydrogens is 324 g/mol. The molecule has 1 aliphatic heterocycles. The first-order valence-electron chi connectivity index (χ1n) is 9.24. The smallest absolute Gasteiger partial charge is 0.328 e. The Morgan fingerprint density at radius 3 is 2.44 bits per heavy atom. The zero-order valence-corrected chi connectivity index (χ0v) is 15.6. The Morgan fingerprint density at radius 2 is 1.84 bits per heavy atom. The van der Waals surface area contributed by atoms with E-state index in [-0.39, 0.29) is 18.9 Å². The summed E-state index contributed by atoms with van der Waals surface area (Å²) in [6, 6.07) is -1.44. The number of rotatable bonds is 10. The number of esters is 1. The highest BCUT2D eigenvalue weighted by molar-refractivity contribution is 5.90. The van der Waals surface area contributed by atoms with Crippen molar-refractivity contribution in [1.82, 2.24) is 10.2 Å². The monoisotopic (exact) mass is 356 g/mol. The molecule has 7 nitrogen and oxygen atoms in total. The van der Waals surface area contributed by atoms with Gasteiger partial charge < -0.3 is 20.1 Å². The van der Waals surface area contributed by atoms with Crippen LogP contribution in [0.1, 0.15) is 65.2 Å². The van der Waals surface area contributed by atoms with Gasteiger partial charge in [-0.15, -0.1) is 0 Å². The number of hydrogen-bond acceptors (Lipinski definition) is 5. The van der Waals surface area contributed by atoms with E-state index in [1.807, 2.05) is 0 Å². The average Bonchev–Trinajstić information content (AvgIpc) is 2.98. The number of ether oxygens (including phenoxy) is 1. The maximum absolute atomic E-state index is 12.5. The highest BCUT2D eigenvalue weighted by Gasteiger charge is 2.38. The van der Waals surface area contributed by atoms with Gasteiger partial charge in [-0.3, -0.25) is 9.59 Å². The van der Waals surface area contributed by atoms with Gasteiger partial charge in [0.1, 0.15) is 12.1 Å². The van der Waals surface area contributed by atoms with Crippen molar-refractivity contribution in [3.05, 3.63) is 0 Å². The molecule has 25 heavy (non-hydrogen) atoms. The van der Waals surface area contributed by atoms with Crippen LogP contribution in [0.15, 0.2) is 0 Å². The summed E-state index contributed by atoms with van der Waals surface area (Å²) in [5, 5.41) is 12.4. The fourth-order valence-electron chi connectivity index (χ4n) is 3.20. The number of unbranched alkanes of at least 4 members (excludes halogenated alkanes) is 5. The lowest BCUT2D eigenvalue weighted by atomic mass is 10.0. The van der Waals surface area contributed by atoms with E-state index >= 15 is 0 Å². The molecular formula is C18H32N2O5. The fourth-order valence-corrected chi connectivity index (χ4v) is 3.20. The van der Waals surface area contributed by atoms with Crippen molar-refractivity contribution in [1.29, 1.82) is 0 Å². The highest BCUT2D eigenvalue weighted by atomic mass is 16.5. The van der Waals surface area contributed by atoms with Gasteiger partial charge in [-0.2, -0.15) is 0 Å². The van der Waals surface area contributed by atoms with Gasteiger partial charge in [-0.05, 0) is 6.42 Å². The minimum absolute atomic E-state index is 0.147. The molecule has 0 radical (unpaired) electrons. The molecule has 1 heterocycles. The summed E-state index contributed by atoms with van der Waals surface area (Å²) in [6.45, 7) is 3.67. The van der Waals surface area contributed by atoms with E-state index in [0.29, 0.717) is 6.42 Å². The number of aliphatic hydroxyl groups is 1. The predicted octanol–water partition coefficient (Wildman–Crippen LogP) is 1.38. The molecule has 3 atom stereocenters. The van der Waals surface area contributed by atoms with Crippen molar-refractivity contribution >= 4 is 17.8 Å². The largest absolute Gasteiger partial charge is 0.467 e. The average molecular weight is 356 g/mol. The maximum Gasteiger partial charge on any atom is 0.328 e. The first-order chi connectivity index (χ1) is 11.9. The molecule has 0 aromatic heterocycles. The predicted molar refractivity (Wildman–Crippen MR) is 93.7 cm³/mol. The minimum atomic E-state index is -0.732. The lowest BCUT2D eigenvalue weighted by molar-refractivity contribution is -0.146. The first-order valence-corrected chi connectivity index (χ1v) is 9.24. The molecule has 1 rings (SSSR count). The van der Waals surface area contributed by atoms with E-state index in [1.165, 1.54) is 38.2 Å². The van der Waals surface area contributed by atoms with Crippen LogP contribution in [0.4, 0.5) is 0 Å². The summed E-state index contributed by atoms with van der Waals surface area (Å²) in [6.07, 6.45) is 6.51. The van der Waals surface area contributed by atoms with E-state index in [0.717, 1.165) is 19.3 Å². The minimum Gasteiger partial charge on any atom is -0.467 e. The van der Waals surface area contributed by atoms with Gasteiger partial charge in [0, 0.05) is 19.9 Å². The SMILES string of the molecule is CCCCCCCC[C@@H](NC(=O)[C@@H]1C[C@@H](O)CN1C(C)=O)C(=O)OC. The number of β-amino-alcohol motifs (C(OH)–C–C–N with tert-alkyl or cyclic N) is 1. The van der Waals surface area contributed by atoms with Crippen LogP contribution in [0.25, 0.3) is 0 Å². The molecule has 0 aromatic rings. The molecule has 0 unspecified atom stereocenters. The number of carbonyl (C=O) groups excluding carboxylic acids is 3. The van der Waals surface area contributed by atoms with Gasteiger partial charge >= 0.3 is 5.97 Å². The summed E-state index contributed by atoms with van der Waals surface area (Å²) >= 11 is 0. The number of carbonyl (C=O) groups is 3. The van der Waals surface area contributed by atoms with Crippen molar-refractivity contribution in [2.45, 2.75) is 83.4 Å². The third kappa shape index (κ3) is 7.02. The Kier molecular flexibility index (Phi) is 9.49. The lowest BCUT2D eigenvalue weighted by Gasteiger charge is -2.24. The Morgan fingerprint density at radius 1 is 1.20 bits per heavy atom. The summed E-state index contributed by atoms with van der Waals surface area (Å²) < 4.78 is 4.78. The molecule has 0 aliphatic carbocycles. The summed E-state index contributed by atoms with van der Waals surface area (Å²) in [7, 11) is 1.30. The third-order valence-electron chi connectivity index (χ3n) is 4.63. The number of nitrogens with zero attached hydrogens (tertiary/aromatic N) is 1. The topological polar surface area (TPSA) is 95.9 Å². The molecule has 144 valence electrons. The van der Waals surface area contributed by atoms with Crippen LogP contribution >= 0.6 is 0 Å². The normalized spacial score (nSPS) is 21.0. The molecule has 2 N–H and O–H groups in total. The first kappa shape index (κ1) is 21.4. The molecule has 7 heteroatoms. The molecule has 0 spiro atoms. The summed E-state index contributed by atoms with van der Waals surface area (Å²) in [4.78, 5) is 37.4. The lowest BCUT2D eigenvalue weighted by Crippen LogP contribution is -2.50. The van der Waals surface area contributed by atoms with Gasteiger partial charge in [0.15, 0.2) is 0 Å². The molecule has 1 saturated heterocycles. The van der Waals surface area contributed by atoms with Crippen molar-refractivity contribution in [2.24, 2.45) is 0 Å². The second-order valence-electron chi connectivity index (χ2n) is 6.72. The third-order valence-corrected chi connectivity index (χ3v) is 4.63. The molecule has 2 amide bonds. The van der Waals surface area contributed by atoms with Crippen molar-refractivity contribution < 1.29 is 24.2 Å². The van der Waals surface area contributed by atoms with E-state index in [2.05, 4.69) is 12.2 Å². The van der Waals surface area contributed by atoms with Gasteiger partial charge in [0.25, 0.3) is 0 Å². The van der Waals surface area contributed by atoms with Gasteiger partial charge in [-0.25, -0.2) is 4.79 Å². The highest BCUT2D eigenvalue weighted by Crippen LogP contribution is 2.19. The van der Waals surface area contributed by atoms with Gasteiger partial charge in [-0.1, -0.05) is 45.4 Å². The second kappa shape index (κ2) is 11.1. The van der Waals surface area contributed by atoms with Crippen LogP contribution in [0.2, 0.25) is 0 Å². The number of likely N-dealkylation sites (tertiary alicyclic amines) is 1. The number of hydrogen-bond donors (Lipinski definition) is 2. The van der Waals surface area contributed by atoms with Crippen LogP contribution in [0.5, 0.6) is 0 Å². The van der Waals surface area contributed by atoms with Crippen molar-refractivity contribution in [2.75, 3.05) is 13.7 Å².